The van der Waals surface area contributed by atoms with Crippen molar-refractivity contribution in [3.8, 4) is 0 Å². The quantitative estimate of drug-likeness (QED) is 0.792. The van der Waals surface area contributed by atoms with E-state index in [2.05, 4.69) is 16.7 Å². The van der Waals surface area contributed by atoms with Crippen molar-refractivity contribution in [3.05, 3.63) is 28.5 Å². The van der Waals surface area contributed by atoms with E-state index >= 15 is 0 Å². The van der Waals surface area contributed by atoms with Crippen LogP contribution in [0.4, 0.5) is 0 Å². The first-order chi connectivity index (χ1) is 10.8. The molecule has 2 aliphatic heterocycles. The molecule has 0 bridgehead atoms. The fourth-order valence-electron chi connectivity index (χ4n) is 3.22. The second-order valence-corrected chi connectivity index (χ2v) is 8.11. The van der Waals surface area contributed by atoms with Gasteiger partial charge in [-0.25, -0.2) is 0 Å². The lowest BCUT2D eigenvalue weighted by molar-refractivity contribution is -0.125. The molecule has 1 aromatic heterocycles. The molecule has 0 N–H and O–H groups in total. The Labute approximate surface area is 141 Å². The van der Waals surface area contributed by atoms with Crippen LogP contribution in [0.5, 0.6) is 0 Å². The van der Waals surface area contributed by atoms with Crippen molar-refractivity contribution in [2.24, 2.45) is 0 Å². The van der Waals surface area contributed by atoms with Gasteiger partial charge in [0.1, 0.15) is 0 Å². The minimum atomic E-state index is 0.162. The van der Waals surface area contributed by atoms with Crippen molar-refractivity contribution >= 4 is 35.1 Å². The monoisotopic (exact) mass is 336 g/mol. The second kappa shape index (κ2) is 8.18. The van der Waals surface area contributed by atoms with Crippen LogP contribution < -0.4 is 0 Å². The van der Waals surface area contributed by atoms with Gasteiger partial charge in [0.05, 0.1) is 0 Å². The lowest BCUT2D eigenvalue weighted by atomic mass is 10.1. The van der Waals surface area contributed by atoms with Crippen LogP contribution in [0.1, 0.15) is 24.1 Å². The van der Waals surface area contributed by atoms with E-state index in [0.29, 0.717) is 0 Å². The standard InChI is InChI=1S/C17H24N2OS2/c20-17(5-4-16-3-1-12-22-16)19-9-2-8-18(10-11-19)15-6-13-21-14-7-15/h1,3-5,12,15H,2,6-11,13-14H2/b5-4+. The van der Waals surface area contributed by atoms with Gasteiger partial charge in [0.15, 0.2) is 0 Å². The molecule has 1 amide bonds. The number of carbonyl (C=O) groups is 1. The third-order valence-electron chi connectivity index (χ3n) is 4.48. The van der Waals surface area contributed by atoms with Gasteiger partial charge in [-0.2, -0.15) is 11.8 Å². The molecule has 0 aliphatic carbocycles. The number of amides is 1. The molecule has 2 aliphatic rings. The summed E-state index contributed by atoms with van der Waals surface area (Å²) in [7, 11) is 0. The molecule has 3 nitrogen and oxygen atoms in total. The predicted octanol–water partition coefficient (Wildman–Crippen LogP) is 3.19. The topological polar surface area (TPSA) is 23.6 Å². The fraction of sp³-hybridized carbons (Fsp3) is 0.588. The summed E-state index contributed by atoms with van der Waals surface area (Å²) in [6.07, 6.45) is 7.41. The minimum absolute atomic E-state index is 0.162. The van der Waals surface area contributed by atoms with Crippen LogP contribution in [-0.4, -0.2) is 59.4 Å². The molecule has 3 rings (SSSR count). The molecule has 5 heteroatoms. The Morgan fingerprint density at radius 3 is 2.82 bits per heavy atom. The average molecular weight is 337 g/mol. The van der Waals surface area contributed by atoms with Gasteiger partial charge in [0.25, 0.3) is 0 Å². The number of hydrogen-bond donors (Lipinski definition) is 0. The molecule has 120 valence electrons. The van der Waals surface area contributed by atoms with Crippen molar-refractivity contribution < 1.29 is 4.79 Å². The summed E-state index contributed by atoms with van der Waals surface area (Å²) in [6.45, 7) is 3.95. The number of thioether (sulfide) groups is 1. The van der Waals surface area contributed by atoms with Crippen LogP contribution >= 0.6 is 23.1 Å². The zero-order valence-electron chi connectivity index (χ0n) is 12.9. The van der Waals surface area contributed by atoms with Crippen LogP contribution in [0.25, 0.3) is 6.08 Å². The van der Waals surface area contributed by atoms with E-state index in [9.17, 15) is 4.79 Å². The first-order valence-corrected chi connectivity index (χ1v) is 10.2. The maximum absolute atomic E-state index is 12.4. The van der Waals surface area contributed by atoms with Crippen molar-refractivity contribution in [2.45, 2.75) is 25.3 Å². The molecular weight excluding hydrogens is 312 g/mol. The smallest absolute Gasteiger partial charge is 0.246 e. The molecule has 22 heavy (non-hydrogen) atoms. The van der Waals surface area contributed by atoms with Gasteiger partial charge in [0.2, 0.25) is 5.91 Å². The Kier molecular flexibility index (Phi) is 5.98. The number of nitrogens with zero attached hydrogens (tertiary/aromatic N) is 2. The van der Waals surface area contributed by atoms with E-state index in [1.165, 1.54) is 24.3 Å². The van der Waals surface area contributed by atoms with E-state index in [1.807, 2.05) is 28.5 Å². The molecule has 2 saturated heterocycles. The lowest BCUT2D eigenvalue weighted by Gasteiger charge is -2.33. The van der Waals surface area contributed by atoms with Gasteiger partial charge in [-0.3, -0.25) is 9.69 Å². The van der Waals surface area contributed by atoms with Crippen LogP contribution in [0.15, 0.2) is 23.6 Å². The minimum Gasteiger partial charge on any atom is -0.338 e. The molecule has 0 saturated carbocycles. The van der Waals surface area contributed by atoms with Crippen molar-refractivity contribution in [1.82, 2.24) is 9.80 Å². The number of hydrogen-bond acceptors (Lipinski definition) is 4. The van der Waals surface area contributed by atoms with E-state index < -0.39 is 0 Å². The molecule has 1 aromatic rings. The Balaban J connectivity index is 1.52. The summed E-state index contributed by atoms with van der Waals surface area (Å²) < 4.78 is 0. The van der Waals surface area contributed by atoms with Gasteiger partial charge in [-0.05, 0) is 48.3 Å². The number of carbonyl (C=O) groups excluding carboxylic acids is 1. The Morgan fingerprint density at radius 2 is 2.05 bits per heavy atom. The Hall–Kier alpha value is -0.780. The number of rotatable bonds is 3. The molecule has 3 heterocycles. The van der Waals surface area contributed by atoms with E-state index in [-0.39, 0.29) is 5.91 Å². The van der Waals surface area contributed by atoms with Gasteiger partial charge in [0, 0.05) is 43.2 Å². The van der Waals surface area contributed by atoms with Gasteiger partial charge >= 0.3 is 0 Å². The van der Waals surface area contributed by atoms with Crippen LogP contribution in [-0.2, 0) is 4.79 Å². The summed E-state index contributed by atoms with van der Waals surface area (Å²) >= 11 is 3.75. The Morgan fingerprint density at radius 1 is 1.18 bits per heavy atom. The number of thiophene rings is 1. The van der Waals surface area contributed by atoms with Crippen LogP contribution in [0, 0.1) is 0 Å². The molecule has 0 atom stereocenters. The highest BCUT2D eigenvalue weighted by atomic mass is 32.2. The maximum atomic E-state index is 12.4. The van der Waals surface area contributed by atoms with E-state index in [0.717, 1.165) is 43.5 Å². The highest BCUT2D eigenvalue weighted by molar-refractivity contribution is 7.99. The summed E-state index contributed by atoms with van der Waals surface area (Å²) in [4.78, 5) is 18.1. The zero-order chi connectivity index (χ0) is 15.2. The predicted molar refractivity (Wildman–Crippen MR) is 96.5 cm³/mol. The molecule has 0 spiro atoms. The molecule has 0 aromatic carbocycles. The third-order valence-corrected chi connectivity index (χ3v) is 6.37. The van der Waals surface area contributed by atoms with Crippen LogP contribution in [0.3, 0.4) is 0 Å². The van der Waals surface area contributed by atoms with Crippen LogP contribution in [0.2, 0.25) is 0 Å². The SMILES string of the molecule is O=C(/C=C/c1cccs1)N1CCCN(C2CCSCC2)CC1. The maximum Gasteiger partial charge on any atom is 0.246 e. The first-order valence-electron chi connectivity index (χ1n) is 8.15. The summed E-state index contributed by atoms with van der Waals surface area (Å²) in [6, 6.07) is 4.80. The van der Waals surface area contributed by atoms with Crippen molar-refractivity contribution in [2.75, 3.05) is 37.7 Å². The summed E-state index contributed by atoms with van der Waals surface area (Å²) in [5.41, 5.74) is 0. The van der Waals surface area contributed by atoms with Crippen molar-refractivity contribution in [1.29, 1.82) is 0 Å². The zero-order valence-corrected chi connectivity index (χ0v) is 14.6. The van der Waals surface area contributed by atoms with Gasteiger partial charge in [-0.15, -0.1) is 11.3 Å². The molecule has 0 unspecified atom stereocenters. The fourth-order valence-corrected chi connectivity index (χ4v) is 4.92. The van der Waals surface area contributed by atoms with E-state index in [4.69, 9.17) is 0 Å². The van der Waals surface area contributed by atoms with Gasteiger partial charge in [-0.1, -0.05) is 6.07 Å². The largest absolute Gasteiger partial charge is 0.338 e. The first kappa shape index (κ1) is 16.1. The summed E-state index contributed by atoms with van der Waals surface area (Å²) in [5, 5.41) is 2.04. The summed E-state index contributed by atoms with van der Waals surface area (Å²) in [5.74, 6) is 2.76. The third kappa shape index (κ3) is 4.37. The molecule has 2 fully saturated rings. The molecular formula is C17H24N2OS2. The highest BCUT2D eigenvalue weighted by Gasteiger charge is 2.24. The normalized spacial score (nSPS) is 22.1. The van der Waals surface area contributed by atoms with E-state index in [1.54, 1.807) is 17.4 Å². The highest BCUT2D eigenvalue weighted by Crippen LogP contribution is 2.22. The average Bonchev–Trinajstić information content (AvgIpc) is 2.96. The molecule has 0 radical (unpaired) electrons. The van der Waals surface area contributed by atoms with Crippen molar-refractivity contribution in [3.63, 3.8) is 0 Å². The van der Waals surface area contributed by atoms with Gasteiger partial charge < -0.3 is 4.90 Å². The second-order valence-electron chi connectivity index (χ2n) is 5.91. The Bertz CT molecular complexity index is 495. The lowest BCUT2D eigenvalue weighted by Crippen LogP contribution is -2.41.